The fourth-order valence-electron chi connectivity index (χ4n) is 1.67. The third-order valence-electron chi connectivity index (χ3n) is 2.72. The van der Waals surface area contributed by atoms with Crippen molar-refractivity contribution in [1.82, 2.24) is 9.71 Å². The van der Waals surface area contributed by atoms with Crippen LogP contribution >= 0.6 is 22.9 Å². The summed E-state index contributed by atoms with van der Waals surface area (Å²) in [5.41, 5.74) is 5.67. The Kier molecular flexibility index (Phi) is 5.28. The molecule has 5 nitrogen and oxygen atoms in total. The minimum absolute atomic E-state index is 0.0434. The van der Waals surface area contributed by atoms with Gasteiger partial charge in [0.1, 0.15) is 5.82 Å². The number of nitrogens with one attached hydrogen (secondary N) is 1. The summed E-state index contributed by atoms with van der Waals surface area (Å²) in [7, 11) is -3.81. The van der Waals surface area contributed by atoms with E-state index < -0.39 is 15.8 Å². The molecule has 0 saturated carbocycles. The molecular formula is C12H13ClFN3O2S2. The van der Waals surface area contributed by atoms with Crippen LogP contribution in [0.2, 0.25) is 5.02 Å². The van der Waals surface area contributed by atoms with Gasteiger partial charge in [-0.25, -0.2) is 22.5 Å². The quantitative estimate of drug-likeness (QED) is 0.834. The van der Waals surface area contributed by atoms with Gasteiger partial charge in [-0.05, 0) is 17.7 Å². The van der Waals surface area contributed by atoms with Gasteiger partial charge < -0.3 is 5.73 Å². The first-order chi connectivity index (χ1) is 9.94. The van der Waals surface area contributed by atoms with Crippen LogP contribution in [0.15, 0.2) is 28.6 Å². The highest BCUT2D eigenvalue weighted by Crippen LogP contribution is 2.24. The van der Waals surface area contributed by atoms with Gasteiger partial charge in [-0.1, -0.05) is 11.6 Å². The third-order valence-corrected chi connectivity index (χ3v) is 5.42. The highest BCUT2D eigenvalue weighted by atomic mass is 35.5. The second-order valence-corrected chi connectivity index (χ2v) is 7.28. The summed E-state index contributed by atoms with van der Waals surface area (Å²) in [4.78, 5) is 3.86. The zero-order valence-corrected chi connectivity index (χ0v) is 13.2. The Labute approximate surface area is 131 Å². The zero-order valence-electron chi connectivity index (χ0n) is 10.8. The second-order valence-electron chi connectivity index (χ2n) is 4.16. The van der Waals surface area contributed by atoms with Gasteiger partial charge in [0.15, 0.2) is 0 Å². The fraction of sp³-hybridized carbons (Fsp3) is 0.250. The largest absolute Gasteiger partial charge is 0.326 e. The van der Waals surface area contributed by atoms with E-state index in [1.54, 1.807) is 6.20 Å². The summed E-state index contributed by atoms with van der Waals surface area (Å²) in [5, 5.41) is 2.48. The number of benzene rings is 1. The van der Waals surface area contributed by atoms with Crippen molar-refractivity contribution in [3.05, 3.63) is 45.1 Å². The molecule has 1 aromatic carbocycles. The molecule has 9 heteroatoms. The van der Waals surface area contributed by atoms with Gasteiger partial charge in [0.25, 0.3) is 0 Å². The van der Waals surface area contributed by atoms with Crippen molar-refractivity contribution in [2.45, 2.75) is 17.9 Å². The number of hydrogen-bond acceptors (Lipinski definition) is 5. The number of aromatic nitrogens is 1. The van der Waals surface area contributed by atoms with Crippen molar-refractivity contribution in [1.29, 1.82) is 0 Å². The molecule has 3 N–H and O–H groups in total. The Morgan fingerprint density at radius 1 is 1.43 bits per heavy atom. The van der Waals surface area contributed by atoms with Crippen LogP contribution in [0, 0.1) is 5.82 Å². The van der Waals surface area contributed by atoms with E-state index in [4.69, 9.17) is 17.3 Å². The first-order valence-electron chi connectivity index (χ1n) is 6.00. The smallest absolute Gasteiger partial charge is 0.240 e. The van der Waals surface area contributed by atoms with Crippen LogP contribution in [0.5, 0.6) is 0 Å². The number of halogens is 2. The van der Waals surface area contributed by atoms with Crippen LogP contribution in [0.1, 0.15) is 10.6 Å². The molecule has 2 aromatic rings. The van der Waals surface area contributed by atoms with Crippen LogP contribution in [-0.4, -0.2) is 19.9 Å². The summed E-state index contributed by atoms with van der Waals surface area (Å²) >= 11 is 7.15. The molecule has 114 valence electrons. The van der Waals surface area contributed by atoms with Gasteiger partial charge in [-0.3, -0.25) is 0 Å². The molecule has 0 aliphatic rings. The first kappa shape index (κ1) is 16.3. The van der Waals surface area contributed by atoms with Crippen molar-refractivity contribution in [2.24, 2.45) is 5.73 Å². The minimum Gasteiger partial charge on any atom is -0.326 e. The van der Waals surface area contributed by atoms with E-state index in [0.717, 1.165) is 11.1 Å². The topological polar surface area (TPSA) is 85.1 Å². The number of sulfonamides is 1. The van der Waals surface area contributed by atoms with Crippen molar-refractivity contribution in [3.63, 3.8) is 0 Å². The predicted molar refractivity (Wildman–Crippen MR) is 80.3 cm³/mol. The molecule has 0 fully saturated rings. The van der Waals surface area contributed by atoms with E-state index in [1.807, 2.05) is 5.38 Å². The molecule has 1 aromatic heterocycles. The third kappa shape index (κ3) is 3.98. The minimum atomic E-state index is -3.81. The SMILES string of the molecule is NCc1cc(S(=O)(=O)NCCc2nccs2)cc(F)c1Cl. The van der Waals surface area contributed by atoms with Crippen LogP contribution in [0.25, 0.3) is 0 Å². The molecule has 21 heavy (non-hydrogen) atoms. The lowest BCUT2D eigenvalue weighted by Crippen LogP contribution is -2.26. The maximum atomic E-state index is 13.6. The molecule has 0 aliphatic heterocycles. The van der Waals surface area contributed by atoms with E-state index in [1.165, 1.54) is 17.4 Å². The lowest BCUT2D eigenvalue weighted by Gasteiger charge is -2.09. The first-order valence-corrected chi connectivity index (χ1v) is 8.74. The Hall–Kier alpha value is -1.06. The molecule has 0 aliphatic carbocycles. The molecule has 0 radical (unpaired) electrons. The molecule has 0 saturated heterocycles. The number of rotatable bonds is 6. The van der Waals surface area contributed by atoms with Crippen molar-refractivity contribution in [3.8, 4) is 0 Å². The Morgan fingerprint density at radius 3 is 2.81 bits per heavy atom. The van der Waals surface area contributed by atoms with Gasteiger partial charge in [0.2, 0.25) is 10.0 Å². The van der Waals surface area contributed by atoms with Crippen LogP contribution in [0.4, 0.5) is 4.39 Å². The molecule has 0 amide bonds. The van der Waals surface area contributed by atoms with Crippen molar-refractivity contribution in [2.75, 3.05) is 6.54 Å². The van der Waals surface area contributed by atoms with Crippen LogP contribution < -0.4 is 10.5 Å². The van der Waals surface area contributed by atoms with Crippen LogP contribution in [0.3, 0.4) is 0 Å². The zero-order chi connectivity index (χ0) is 15.5. The van der Waals surface area contributed by atoms with Gasteiger partial charge in [0, 0.05) is 31.1 Å². The highest BCUT2D eigenvalue weighted by Gasteiger charge is 2.18. The normalized spacial score (nSPS) is 11.8. The number of thiazole rings is 1. The van der Waals surface area contributed by atoms with Crippen molar-refractivity contribution >= 4 is 33.0 Å². The summed E-state index contributed by atoms with van der Waals surface area (Å²) in [6.07, 6.45) is 2.12. The molecule has 0 unspecified atom stereocenters. The lowest BCUT2D eigenvalue weighted by molar-refractivity contribution is 0.577. The molecule has 0 spiro atoms. The van der Waals surface area contributed by atoms with E-state index >= 15 is 0 Å². The maximum Gasteiger partial charge on any atom is 0.240 e. The summed E-state index contributed by atoms with van der Waals surface area (Å²) < 4.78 is 40.2. The number of hydrogen-bond donors (Lipinski definition) is 2. The summed E-state index contributed by atoms with van der Waals surface area (Å²) in [6.45, 7) is 0.135. The van der Waals surface area contributed by atoms with Gasteiger partial charge in [-0.2, -0.15) is 0 Å². The van der Waals surface area contributed by atoms with Crippen molar-refractivity contribution < 1.29 is 12.8 Å². The van der Waals surface area contributed by atoms with Gasteiger partial charge >= 0.3 is 0 Å². The maximum absolute atomic E-state index is 13.6. The Morgan fingerprint density at radius 2 is 2.19 bits per heavy atom. The second kappa shape index (κ2) is 6.80. The summed E-state index contributed by atoms with van der Waals surface area (Å²) in [5.74, 6) is -0.806. The highest BCUT2D eigenvalue weighted by molar-refractivity contribution is 7.89. The van der Waals surface area contributed by atoms with E-state index in [2.05, 4.69) is 9.71 Å². The molecule has 0 atom stereocenters. The standard InChI is InChI=1S/C12H13ClFN3O2S2/c13-12-8(7-15)5-9(6-10(12)14)21(18,19)17-2-1-11-16-3-4-20-11/h3-6,17H,1-2,7,15H2. The van der Waals surface area contributed by atoms with E-state index in [0.29, 0.717) is 6.42 Å². The number of nitrogens with two attached hydrogens (primary N) is 1. The molecular weight excluding hydrogens is 337 g/mol. The van der Waals surface area contributed by atoms with Gasteiger partial charge in [0.05, 0.1) is 14.9 Å². The van der Waals surface area contributed by atoms with E-state index in [-0.39, 0.29) is 28.6 Å². The predicted octanol–water partition coefficient (Wildman–Crippen LogP) is 1.92. The molecule has 1 heterocycles. The Bertz CT molecular complexity index is 720. The Balaban J connectivity index is 2.13. The molecule has 0 bridgehead atoms. The van der Waals surface area contributed by atoms with E-state index in [9.17, 15) is 12.8 Å². The fourth-order valence-corrected chi connectivity index (χ4v) is 3.57. The average molecular weight is 350 g/mol. The monoisotopic (exact) mass is 349 g/mol. The molecule has 2 rings (SSSR count). The summed E-state index contributed by atoms with van der Waals surface area (Å²) in [6, 6.07) is 2.16. The lowest BCUT2D eigenvalue weighted by atomic mass is 10.2. The van der Waals surface area contributed by atoms with Gasteiger partial charge in [-0.15, -0.1) is 11.3 Å². The average Bonchev–Trinajstić information content (AvgIpc) is 2.94. The number of nitrogens with zero attached hydrogens (tertiary/aromatic N) is 1. The van der Waals surface area contributed by atoms with Crippen LogP contribution in [-0.2, 0) is 23.0 Å².